The van der Waals surface area contributed by atoms with E-state index < -0.39 is 23.0 Å². The number of aliphatic hydroxyl groups is 2. The molecule has 0 fully saturated rings. The van der Waals surface area contributed by atoms with Crippen LogP contribution in [0.15, 0.2) is 243 Å². The van der Waals surface area contributed by atoms with Gasteiger partial charge in [0.1, 0.15) is 0 Å². The molecule has 3 heteroatoms. The Hall–Kier alpha value is -6.36. The van der Waals surface area contributed by atoms with Crippen LogP contribution in [0.25, 0.3) is 0 Å². The zero-order valence-electron chi connectivity index (χ0n) is 34.0. The Morgan fingerprint density at radius 1 is 0.300 bits per heavy atom. The van der Waals surface area contributed by atoms with Gasteiger partial charge in [0.15, 0.2) is 0 Å². The fourth-order valence-electron chi connectivity index (χ4n) is 9.59. The zero-order chi connectivity index (χ0) is 41.0. The molecule has 0 amide bonds. The summed E-state index contributed by atoms with van der Waals surface area (Å²) in [5.41, 5.74) is 7.62. The van der Waals surface area contributed by atoms with Gasteiger partial charge in [0.2, 0.25) is 0 Å². The van der Waals surface area contributed by atoms with Crippen LogP contribution in [0.5, 0.6) is 0 Å². The van der Waals surface area contributed by atoms with E-state index in [1.165, 1.54) is 0 Å². The first-order chi connectivity index (χ1) is 29.6. The summed E-state index contributed by atoms with van der Waals surface area (Å²) < 4.78 is 0. The van der Waals surface area contributed by atoms with E-state index in [1.54, 1.807) is 0 Å². The second-order valence-corrected chi connectivity index (χ2v) is 15.9. The van der Waals surface area contributed by atoms with Gasteiger partial charge in [0.05, 0.1) is 18.2 Å². The molecular weight excluding hydrogens is 731 g/mol. The van der Waals surface area contributed by atoms with Gasteiger partial charge in [-0.25, -0.2) is 0 Å². The summed E-state index contributed by atoms with van der Waals surface area (Å²) in [4.78, 5) is 2.32. The Morgan fingerprint density at radius 3 is 0.717 bits per heavy atom. The molecule has 0 radical (unpaired) electrons. The molecule has 0 aliphatic heterocycles. The van der Waals surface area contributed by atoms with Crippen molar-refractivity contribution in [1.29, 1.82) is 0 Å². The second-order valence-electron chi connectivity index (χ2n) is 15.9. The van der Waals surface area contributed by atoms with Crippen LogP contribution < -0.4 is 0 Å². The molecular formula is C57H53NO2. The van der Waals surface area contributed by atoms with Gasteiger partial charge in [0.25, 0.3) is 0 Å². The molecule has 0 bridgehead atoms. The number of hydrogen-bond donors (Lipinski definition) is 2. The fraction of sp³-hybridized carbons (Fsp3) is 0.158. The molecule has 2 atom stereocenters. The van der Waals surface area contributed by atoms with Crippen molar-refractivity contribution < 1.29 is 10.2 Å². The summed E-state index contributed by atoms with van der Waals surface area (Å²) in [7, 11) is 0. The van der Waals surface area contributed by atoms with Crippen molar-refractivity contribution in [1.82, 2.24) is 4.90 Å². The Labute approximate surface area is 355 Å². The van der Waals surface area contributed by atoms with Crippen LogP contribution in [0.1, 0.15) is 63.4 Å². The smallest absolute Gasteiger partial charge is 0.0682 e. The van der Waals surface area contributed by atoms with Crippen LogP contribution >= 0.6 is 0 Å². The molecule has 60 heavy (non-hydrogen) atoms. The number of benzene rings is 8. The van der Waals surface area contributed by atoms with Gasteiger partial charge in [-0.05, 0) is 57.3 Å². The van der Waals surface area contributed by atoms with Crippen molar-refractivity contribution in [2.75, 3.05) is 13.1 Å². The molecule has 3 nitrogen and oxygen atoms in total. The SMILES string of the molecule is O[C@H](CN(C[C@@H](O)CC(c1ccccc1)(c1ccccc1)c1ccccc1)C(c1ccccc1)c1ccccc1)CC(c1ccccc1)(c1ccccc1)c1ccccc1. The molecule has 8 rings (SSSR count). The maximum Gasteiger partial charge on any atom is 0.0682 e. The predicted octanol–water partition coefficient (Wildman–Crippen LogP) is 11.6. The maximum atomic E-state index is 12.8. The van der Waals surface area contributed by atoms with E-state index in [2.05, 4.69) is 235 Å². The summed E-state index contributed by atoms with van der Waals surface area (Å²) in [6.07, 6.45) is -0.740. The Balaban J connectivity index is 1.24. The first kappa shape index (κ1) is 40.4. The van der Waals surface area contributed by atoms with Crippen LogP contribution in [-0.4, -0.2) is 40.4 Å². The molecule has 8 aromatic rings. The highest BCUT2D eigenvalue weighted by Crippen LogP contribution is 2.45. The third-order valence-electron chi connectivity index (χ3n) is 12.2. The molecule has 298 valence electrons. The topological polar surface area (TPSA) is 43.7 Å². The third kappa shape index (κ3) is 8.66. The van der Waals surface area contributed by atoms with Crippen LogP contribution in [0, 0.1) is 0 Å². The van der Waals surface area contributed by atoms with Gasteiger partial charge in [-0.15, -0.1) is 0 Å². The first-order valence-corrected chi connectivity index (χ1v) is 21.1. The van der Waals surface area contributed by atoms with Crippen molar-refractivity contribution in [3.05, 3.63) is 287 Å². The number of hydrogen-bond acceptors (Lipinski definition) is 3. The highest BCUT2D eigenvalue weighted by Gasteiger charge is 2.41. The molecule has 0 aliphatic carbocycles. The highest BCUT2D eigenvalue weighted by atomic mass is 16.3. The normalized spacial score (nSPS) is 12.9. The molecule has 8 aromatic carbocycles. The standard InChI is InChI=1S/C57H53NO2/c59-53(41-56(47-29-13-3-14-30-47,48-31-15-4-16-32-48)49-33-17-5-18-34-49)43-58(55(45-25-9-1-10-26-45)46-27-11-2-12-28-46)44-54(60)42-57(50-35-19-6-20-36-50,51-37-21-7-22-38-51)52-39-23-8-24-40-52/h1-40,53-55,59-60H,41-44H2/t53-,54-/m0/s1. The van der Waals surface area contributed by atoms with Crippen LogP contribution in [0.3, 0.4) is 0 Å². The largest absolute Gasteiger partial charge is 0.392 e. The lowest BCUT2D eigenvalue weighted by Crippen LogP contribution is -2.45. The van der Waals surface area contributed by atoms with Crippen LogP contribution in [-0.2, 0) is 10.8 Å². The summed E-state index contributed by atoms with van der Waals surface area (Å²) in [6, 6.07) is 84.3. The Kier molecular flexibility index (Phi) is 12.9. The Bertz CT molecular complexity index is 2080. The average Bonchev–Trinajstić information content (AvgIpc) is 3.32. The fourth-order valence-corrected chi connectivity index (χ4v) is 9.59. The first-order valence-electron chi connectivity index (χ1n) is 21.1. The van der Waals surface area contributed by atoms with E-state index in [9.17, 15) is 10.2 Å². The van der Waals surface area contributed by atoms with E-state index >= 15 is 0 Å². The average molecular weight is 784 g/mol. The van der Waals surface area contributed by atoms with Crippen LogP contribution in [0.2, 0.25) is 0 Å². The summed E-state index contributed by atoms with van der Waals surface area (Å²) >= 11 is 0. The lowest BCUT2D eigenvalue weighted by Gasteiger charge is -2.42. The lowest BCUT2D eigenvalue weighted by atomic mass is 9.66. The van der Waals surface area contributed by atoms with Crippen molar-refractivity contribution >= 4 is 0 Å². The van der Waals surface area contributed by atoms with E-state index in [1.807, 2.05) is 12.1 Å². The van der Waals surface area contributed by atoms with Crippen molar-refractivity contribution in [2.45, 2.75) is 41.9 Å². The summed E-state index contributed by atoms with van der Waals surface area (Å²) in [5.74, 6) is 0. The predicted molar refractivity (Wildman–Crippen MR) is 246 cm³/mol. The van der Waals surface area contributed by atoms with Crippen molar-refractivity contribution in [3.63, 3.8) is 0 Å². The monoisotopic (exact) mass is 783 g/mol. The van der Waals surface area contributed by atoms with Gasteiger partial charge < -0.3 is 10.2 Å². The molecule has 0 saturated carbocycles. The maximum absolute atomic E-state index is 12.8. The molecule has 0 aromatic heterocycles. The lowest BCUT2D eigenvalue weighted by molar-refractivity contribution is 0.0383. The van der Waals surface area contributed by atoms with E-state index in [0.717, 1.165) is 44.5 Å². The molecule has 0 saturated heterocycles. The van der Waals surface area contributed by atoms with Crippen LogP contribution in [0.4, 0.5) is 0 Å². The van der Waals surface area contributed by atoms with Crippen molar-refractivity contribution in [3.8, 4) is 0 Å². The minimum atomic E-state index is -0.796. The minimum absolute atomic E-state index is 0.240. The van der Waals surface area contributed by atoms with Gasteiger partial charge in [-0.1, -0.05) is 243 Å². The van der Waals surface area contributed by atoms with Crippen molar-refractivity contribution in [2.24, 2.45) is 0 Å². The second kappa shape index (κ2) is 19.1. The molecule has 0 spiro atoms. The zero-order valence-corrected chi connectivity index (χ0v) is 34.0. The molecule has 0 heterocycles. The molecule has 2 N–H and O–H groups in total. The quantitative estimate of drug-likeness (QED) is 0.0904. The Morgan fingerprint density at radius 2 is 0.500 bits per heavy atom. The third-order valence-corrected chi connectivity index (χ3v) is 12.2. The van der Waals surface area contributed by atoms with E-state index in [4.69, 9.17) is 0 Å². The van der Waals surface area contributed by atoms with E-state index in [0.29, 0.717) is 25.9 Å². The van der Waals surface area contributed by atoms with Gasteiger partial charge in [-0.3, -0.25) is 4.90 Å². The van der Waals surface area contributed by atoms with Gasteiger partial charge in [-0.2, -0.15) is 0 Å². The molecule has 0 aliphatic rings. The number of nitrogens with zero attached hydrogens (tertiary/aromatic N) is 1. The van der Waals surface area contributed by atoms with Gasteiger partial charge >= 0.3 is 0 Å². The number of rotatable bonds is 17. The van der Waals surface area contributed by atoms with E-state index in [-0.39, 0.29) is 6.04 Å². The summed E-state index contributed by atoms with van der Waals surface area (Å²) in [6.45, 7) is 0.629. The van der Waals surface area contributed by atoms with Gasteiger partial charge in [0, 0.05) is 23.9 Å². The molecule has 0 unspecified atom stereocenters. The highest BCUT2D eigenvalue weighted by molar-refractivity contribution is 5.52. The number of aliphatic hydroxyl groups excluding tert-OH is 2. The summed E-state index contributed by atoms with van der Waals surface area (Å²) in [5, 5.41) is 25.7. The minimum Gasteiger partial charge on any atom is -0.392 e.